The molecule has 0 saturated heterocycles. The first-order valence-corrected chi connectivity index (χ1v) is 6.62. The fraction of sp³-hybridized carbons (Fsp3) is 0.769. The lowest BCUT2D eigenvalue weighted by Crippen LogP contribution is -2.54. The highest BCUT2D eigenvalue weighted by Gasteiger charge is 2.52. The zero-order chi connectivity index (χ0) is 17.4. The average Bonchev–Trinajstić information content (AvgIpc) is 2.42. The third kappa shape index (κ3) is 6.99. The smallest absolute Gasteiger partial charge is 0.422 e. The van der Waals surface area contributed by atoms with Gasteiger partial charge in [-0.15, -0.1) is 0 Å². The second kappa shape index (κ2) is 8.23. The largest absolute Gasteiger partial charge is 0.502 e. The van der Waals surface area contributed by atoms with Crippen LogP contribution in [0.1, 0.15) is 20.8 Å². The number of amides is 2. The molecular formula is C13H23F3N2O4. The predicted octanol–water partition coefficient (Wildman–Crippen LogP) is 1.55. The van der Waals surface area contributed by atoms with Crippen molar-refractivity contribution in [2.75, 3.05) is 26.8 Å². The number of methoxy groups -OCH3 is 1. The second-order valence-electron chi connectivity index (χ2n) is 5.18. The van der Waals surface area contributed by atoms with Crippen molar-refractivity contribution >= 4 is 6.03 Å². The molecule has 0 bridgehead atoms. The quantitative estimate of drug-likeness (QED) is 0.591. The Bertz CT molecular complexity index is 386. The summed E-state index contributed by atoms with van der Waals surface area (Å²) in [6.07, 6.45) is -3.75. The summed E-state index contributed by atoms with van der Waals surface area (Å²) < 4.78 is 48.3. The van der Waals surface area contributed by atoms with Gasteiger partial charge < -0.3 is 25.2 Å². The van der Waals surface area contributed by atoms with E-state index >= 15 is 0 Å². The van der Waals surface area contributed by atoms with E-state index in [1.165, 1.54) is 7.11 Å². The molecule has 9 heteroatoms. The molecular weight excluding hydrogens is 305 g/mol. The van der Waals surface area contributed by atoms with Crippen molar-refractivity contribution in [3.05, 3.63) is 12.3 Å². The average molecular weight is 328 g/mol. The van der Waals surface area contributed by atoms with Crippen molar-refractivity contribution in [2.45, 2.75) is 38.1 Å². The molecule has 0 aromatic heterocycles. The van der Waals surface area contributed by atoms with Gasteiger partial charge >= 0.3 is 12.2 Å². The normalized spacial score (nSPS) is 15.5. The molecule has 3 N–H and O–H groups in total. The Morgan fingerprint density at radius 3 is 2.23 bits per heavy atom. The van der Waals surface area contributed by atoms with E-state index in [-0.39, 0.29) is 13.2 Å². The maximum atomic E-state index is 12.9. The van der Waals surface area contributed by atoms with Crippen molar-refractivity contribution in [3.63, 3.8) is 0 Å². The van der Waals surface area contributed by atoms with E-state index in [0.717, 1.165) is 6.26 Å². The molecule has 22 heavy (non-hydrogen) atoms. The van der Waals surface area contributed by atoms with Crippen molar-refractivity contribution in [1.29, 1.82) is 0 Å². The van der Waals surface area contributed by atoms with Gasteiger partial charge in [0.2, 0.25) is 0 Å². The molecule has 6 nitrogen and oxygen atoms in total. The van der Waals surface area contributed by atoms with Gasteiger partial charge in [-0.05, 0) is 26.8 Å². The molecule has 0 aromatic rings. The van der Waals surface area contributed by atoms with E-state index in [0.29, 0.717) is 6.08 Å². The first-order chi connectivity index (χ1) is 9.97. The van der Waals surface area contributed by atoms with Crippen LogP contribution in [-0.2, 0) is 9.47 Å². The van der Waals surface area contributed by atoms with Crippen molar-refractivity contribution in [3.8, 4) is 0 Å². The number of aliphatic hydroxyl groups is 1. The number of hydrogen-bond acceptors (Lipinski definition) is 4. The van der Waals surface area contributed by atoms with Gasteiger partial charge in [-0.2, -0.15) is 13.2 Å². The summed E-state index contributed by atoms with van der Waals surface area (Å²) in [5.41, 5.74) is -3.87. The summed E-state index contributed by atoms with van der Waals surface area (Å²) in [6, 6.07) is -0.849. The number of urea groups is 1. The molecule has 0 aliphatic heterocycles. The van der Waals surface area contributed by atoms with Crippen LogP contribution in [0.15, 0.2) is 12.3 Å². The summed E-state index contributed by atoms with van der Waals surface area (Å²) in [5, 5.41) is 14.0. The minimum atomic E-state index is -4.96. The first-order valence-electron chi connectivity index (χ1n) is 6.62. The molecule has 130 valence electrons. The van der Waals surface area contributed by atoms with Gasteiger partial charge in [-0.25, -0.2) is 4.79 Å². The van der Waals surface area contributed by atoms with E-state index in [4.69, 9.17) is 4.74 Å². The van der Waals surface area contributed by atoms with E-state index in [2.05, 4.69) is 10.1 Å². The van der Waals surface area contributed by atoms with Crippen molar-refractivity contribution in [2.24, 2.45) is 0 Å². The van der Waals surface area contributed by atoms with Crippen LogP contribution < -0.4 is 10.6 Å². The molecule has 0 aromatic carbocycles. The van der Waals surface area contributed by atoms with E-state index < -0.39 is 30.0 Å². The summed E-state index contributed by atoms with van der Waals surface area (Å²) in [5.74, 6) is 0. The predicted molar refractivity (Wildman–Crippen MR) is 74.3 cm³/mol. The third-order valence-electron chi connectivity index (χ3n) is 2.84. The highest BCUT2D eigenvalue weighted by molar-refractivity contribution is 5.74. The molecule has 0 spiro atoms. The summed E-state index contributed by atoms with van der Waals surface area (Å²) in [6.45, 7) is 4.19. The molecule has 0 radical (unpaired) electrons. The van der Waals surface area contributed by atoms with Gasteiger partial charge in [-0.1, -0.05) is 0 Å². The van der Waals surface area contributed by atoms with Crippen LogP contribution >= 0.6 is 0 Å². The lowest BCUT2D eigenvalue weighted by Gasteiger charge is -2.28. The van der Waals surface area contributed by atoms with E-state index in [1.807, 2.05) is 5.32 Å². The Balaban J connectivity index is 4.61. The maximum absolute atomic E-state index is 12.9. The van der Waals surface area contributed by atoms with Gasteiger partial charge in [0.25, 0.3) is 0 Å². The number of carbonyl (C=O) groups excluding carboxylic acids is 1. The number of carbonyl (C=O) groups is 1. The van der Waals surface area contributed by atoms with Crippen LogP contribution in [0.3, 0.4) is 0 Å². The number of halogens is 3. The molecule has 0 aliphatic rings. The Morgan fingerprint density at radius 1 is 1.23 bits per heavy atom. The summed E-state index contributed by atoms with van der Waals surface area (Å²) in [4.78, 5) is 11.5. The summed E-state index contributed by atoms with van der Waals surface area (Å²) in [7, 11) is 1.44. The zero-order valence-electron chi connectivity index (χ0n) is 13.1. The lowest BCUT2D eigenvalue weighted by molar-refractivity contribution is -0.237. The standard InChI is InChI=1S/C13H23F3N2O4/c1-5-22-7-6-12(20,13(14,15)16)9-18-10(19)17-8-11(2,3)21-4/h6-7,20H,5,8-9H2,1-4H3,(H2,17,18,19). The van der Waals surface area contributed by atoms with Crippen LogP contribution in [0, 0.1) is 0 Å². The fourth-order valence-corrected chi connectivity index (χ4v) is 1.15. The Kier molecular flexibility index (Phi) is 7.68. The minimum Gasteiger partial charge on any atom is -0.502 e. The zero-order valence-corrected chi connectivity index (χ0v) is 13.1. The van der Waals surface area contributed by atoms with E-state index in [9.17, 15) is 23.1 Å². The minimum absolute atomic E-state index is 0.0918. The van der Waals surface area contributed by atoms with Crippen LogP contribution in [0.25, 0.3) is 0 Å². The molecule has 0 saturated carbocycles. The number of nitrogens with one attached hydrogen (secondary N) is 2. The SMILES string of the molecule is CCOC=CC(O)(CNC(=O)NCC(C)(C)OC)C(F)(F)F. The number of alkyl halides is 3. The maximum Gasteiger partial charge on any atom is 0.422 e. The Hall–Kier alpha value is -1.48. The van der Waals surface area contributed by atoms with Crippen molar-refractivity contribution < 1.29 is 32.5 Å². The van der Waals surface area contributed by atoms with Crippen molar-refractivity contribution in [1.82, 2.24) is 10.6 Å². The van der Waals surface area contributed by atoms with Crippen LogP contribution in [0.4, 0.5) is 18.0 Å². The van der Waals surface area contributed by atoms with Gasteiger partial charge in [-0.3, -0.25) is 0 Å². The topological polar surface area (TPSA) is 79.8 Å². The Labute approximate surface area is 127 Å². The highest BCUT2D eigenvalue weighted by Crippen LogP contribution is 2.31. The van der Waals surface area contributed by atoms with E-state index in [1.54, 1.807) is 20.8 Å². The highest BCUT2D eigenvalue weighted by atomic mass is 19.4. The van der Waals surface area contributed by atoms with Crippen LogP contribution in [0.5, 0.6) is 0 Å². The monoisotopic (exact) mass is 328 g/mol. The molecule has 0 aliphatic carbocycles. The summed E-state index contributed by atoms with van der Waals surface area (Å²) >= 11 is 0. The third-order valence-corrected chi connectivity index (χ3v) is 2.84. The fourth-order valence-electron chi connectivity index (χ4n) is 1.15. The molecule has 0 rings (SSSR count). The molecule has 1 unspecified atom stereocenters. The molecule has 2 amide bonds. The molecule has 1 atom stereocenters. The lowest BCUT2D eigenvalue weighted by atomic mass is 10.0. The van der Waals surface area contributed by atoms with Gasteiger partial charge in [0, 0.05) is 13.7 Å². The van der Waals surface area contributed by atoms with Crippen LogP contribution in [0.2, 0.25) is 0 Å². The number of rotatable bonds is 8. The second-order valence-corrected chi connectivity index (χ2v) is 5.18. The molecule has 0 heterocycles. The van der Waals surface area contributed by atoms with Gasteiger partial charge in [0.15, 0.2) is 5.60 Å². The van der Waals surface area contributed by atoms with Crippen LogP contribution in [-0.4, -0.2) is 55.3 Å². The first kappa shape index (κ1) is 20.5. The van der Waals surface area contributed by atoms with Gasteiger partial charge in [0.05, 0.1) is 25.0 Å². The Morgan fingerprint density at radius 2 is 1.77 bits per heavy atom. The number of ether oxygens (including phenoxy) is 2. The number of hydrogen-bond donors (Lipinski definition) is 3. The van der Waals surface area contributed by atoms with Gasteiger partial charge in [0.1, 0.15) is 0 Å². The molecule has 0 fully saturated rings.